The third-order valence-electron chi connectivity index (χ3n) is 2.64. The van der Waals surface area contributed by atoms with Crippen molar-refractivity contribution in [2.24, 2.45) is 5.41 Å². The van der Waals surface area contributed by atoms with E-state index >= 15 is 0 Å². The minimum atomic E-state index is -1.10. The normalized spacial score (nSPS) is 12.0. The minimum Gasteiger partial charge on any atom is -0.478 e. The standard InChI is InChI=1S/C16H22O5/c1-15(2,3)10-16(4,5)21-20-14(19)12-8-6-7-11(9-12)13(17)18/h6-9H,10H2,1-5H3,(H,17,18). The van der Waals surface area contributed by atoms with Crippen LogP contribution >= 0.6 is 0 Å². The molecule has 0 unspecified atom stereocenters. The molecular formula is C16H22O5. The second kappa shape index (κ2) is 6.26. The topological polar surface area (TPSA) is 72.8 Å². The molecule has 5 heteroatoms. The Labute approximate surface area is 124 Å². The molecule has 0 atom stereocenters. The Hall–Kier alpha value is -1.88. The average Bonchev–Trinajstić information content (AvgIpc) is 2.33. The van der Waals surface area contributed by atoms with Gasteiger partial charge in [0, 0.05) is 0 Å². The van der Waals surface area contributed by atoms with Gasteiger partial charge >= 0.3 is 11.9 Å². The fraction of sp³-hybridized carbons (Fsp3) is 0.500. The van der Waals surface area contributed by atoms with Crippen LogP contribution in [0.25, 0.3) is 0 Å². The van der Waals surface area contributed by atoms with Crippen LogP contribution in [0.5, 0.6) is 0 Å². The number of rotatable bonds is 5. The molecule has 0 spiro atoms. The van der Waals surface area contributed by atoms with Crippen molar-refractivity contribution in [2.75, 3.05) is 0 Å². The van der Waals surface area contributed by atoms with Crippen molar-refractivity contribution in [1.29, 1.82) is 0 Å². The zero-order valence-corrected chi connectivity index (χ0v) is 13.1. The molecule has 1 aromatic carbocycles. The number of aromatic carboxylic acids is 1. The lowest BCUT2D eigenvalue weighted by molar-refractivity contribution is -0.312. The molecule has 0 bridgehead atoms. The van der Waals surface area contributed by atoms with Crippen LogP contribution in [0.2, 0.25) is 0 Å². The molecule has 1 N–H and O–H groups in total. The molecule has 1 aromatic rings. The zero-order valence-electron chi connectivity index (χ0n) is 13.1. The summed E-state index contributed by atoms with van der Waals surface area (Å²) in [5.41, 5.74) is -0.433. The molecule has 0 fully saturated rings. The smallest absolute Gasteiger partial charge is 0.373 e. The molecule has 0 saturated heterocycles. The Balaban J connectivity index is 2.70. The maximum absolute atomic E-state index is 11.9. The number of carbonyl (C=O) groups excluding carboxylic acids is 1. The van der Waals surface area contributed by atoms with E-state index in [1.54, 1.807) is 0 Å². The van der Waals surface area contributed by atoms with Gasteiger partial charge in [0.15, 0.2) is 0 Å². The SMILES string of the molecule is CC(C)(C)CC(C)(C)OOC(=O)c1cccc(C(=O)O)c1. The summed E-state index contributed by atoms with van der Waals surface area (Å²) in [7, 11) is 0. The summed E-state index contributed by atoms with van der Waals surface area (Å²) in [6, 6.07) is 5.63. The van der Waals surface area contributed by atoms with E-state index in [1.165, 1.54) is 24.3 Å². The summed E-state index contributed by atoms with van der Waals surface area (Å²) >= 11 is 0. The molecule has 21 heavy (non-hydrogen) atoms. The van der Waals surface area contributed by atoms with Gasteiger partial charge in [0.05, 0.1) is 11.1 Å². The second-order valence-electron chi connectivity index (χ2n) is 6.84. The second-order valence-corrected chi connectivity index (χ2v) is 6.84. The highest BCUT2D eigenvalue weighted by atomic mass is 17.2. The van der Waals surface area contributed by atoms with Gasteiger partial charge in [0.25, 0.3) is 0 Å². The Kier molecular flexibility index (Phi) is 5.12. The molecule has 5 nitrogen and oxygen atoms in total. The van der Waals surface area contributed by atoms with Crippen LogP contribution in [-0.2, 0) is 9.78 Å². The van der Waals surface area contributed by atoms with Crippen LogP contribution in [0, 0.1) is 5.41 Å². The first-order valence-corrected chi connectivity index (χ1v) is 6.74. The van der Waals surface area contributed by atoms with Gasteiger partial charge in [-0.25, -0.2) is 9.59 Å². The van der Waals surface area contributed by atoms with Gasteiger partial charge in [0.2, 0.25) is 0 Å². The lowest BCUT2D eigenvalue weighted by Crippen LogP contribution is -2.31. The molecule has 0 aliphatic heterocycles. The summed E-state index contributed by atoms with van der Waals surface area (Å²) in [6.07, 6.45) is 0.697. The van der Waals surface area contributed by atoms with Gasteiger partial charge < -0.3 is 5.11 Å². The molecule has 0 aromatic heterocycles. The highest BCUT2D eigenvalue weighted by molar-refractivity contribution is 5.94. The Bertz CT molecular complexity index is 526. The van der Waals surface area contributed by atoms with E-state index in [4.69, 9.17) is 14.9 Å². The third kappa shape index (κ3) is 5.95. The van der Waals surface area contributed by atoms with E-state index < -0.39 is 17.5 Å². The van der Waals surface area contributed by atoms with E-state index in [2.05, 4.69) is 20.8 Å². The van der Waals surface area contributed by atoms with E-state index in [0.717, 1.165) is 0 Å². The van der Waals surface area contributed by atoms with Crippen molar-refractivity contribution >= 4 is 11.9 Å². The summed E-state index contributed by atoms with van der Waals surface area (Å²) in [5.74, 6) is -1.81. The van der Waals surface area contributed by atoms with Crippen LogP contribution in [0.3, 0.4) is 0 Å². The van der Waals surface area contributed by atoms with Gasteiger partial charge in [0.1, 0.15) is 5.60 Å². The maximum atomic E-state index is 11.9. The van der Waals surface area contributed by atoms with E-state index in [1.807, 2.05) is 13.8 Å². The summed E-state index contributed by atoms with van der Waals surface area (Å²) < 4.78 is 0. The van der Waals surface area contributed by atoms with Crippen molar-refractivity contribution in [3.05, 3.63) is 35.4 Å². The van der Waals surface area contributed by atoms with Crippen LogP contribution in [0.4, 0.5) is 0 Å². The Morgan fingerprint density at radius 2 is 1.67 bits per heavy atom. The lowest BCUT2D eigenvalue weighted by Gasteiger charge is -2.30. The number of hydrogen-bond donors (Lipinski definition) is 1. The zero-order chi connectivity index (χ0) is 16.3. The molecule has 0 aliphatic rings. The molecule has 0 aliphatic carbocycles. The summed E-state index contributed by atoms with van der Waals surface area (Å²) in [5, 5.41) is 8.89. The first-order valence-electron chi connectivity index (χ1n) is 6.74. The first-order chi connectivity index (χ1) is 9.50. The van der Waals surface area contributed by atoms with Gasteiger partial charge in [-0.2, -0.15) is 4.89 Å². The molecule has 0 heterocycles. The molecule has 0 saturated carbocycles. The first kappa shape index (κ1) is 17.2. The van der Waals surface area contributed by atoms with Gasteiger partial charge in [-0.1, -0.05) is 26.8 Å². The fourth-order valence-corrected chi connectivity index (χ4v) is 2.28. The highest BCUT2D eigenvalue weighted by Crippen LogP contribution is 2.29. The summed E-state index contributed by atoms with van der Waals surface area (Å²) in [6.45, 7) is 9.86. The molecular weight excluding hydrogens is 272 g/mol. The predicted molar refractivity (Wildman–Crippen MR) is 78.1 cm³/mol. The molecule has 0 amide bonds. The van der Waals surface area contributed by atoms with Crippen LogP contribution in [0.15, 0.2) is 24.3 Å². The number of benzene rings is 1. The van der Waals surface area contributed by atoms with E-state index in [0.29, 0.717) is 6.42 Å². The van der Waals surface area contributed by atoms with Crippen LogP contribution < -0.4 is 0 Å². The lowest BCUT2D eigenvalue weighted by atomic mass is 9.84. The summed E-state index contributed by atoms with van der Waals surface area (Å²) in [4.78, 5) is 32.8. The van der Waals surface area contributed by atoms with Crippen molar-refractivity contribution in [3.8, 4) is 0 Å². The number of carbonyl (C=O) groups is 2. The van der Waals surface area contributed by atoms with Crippen LogP contribution in [-0.4, -0.2) is 22.6 Å². The van der Waals surface area contributed by atoms with Crippen molar-refractivity contribution in [3.63, 3.8) is 0 Å². The predicted octanol–water partition coefficient (Wildman–Crippen LogP) is 3.69. The number of hydrogen-bond acceptors (Lipinski definition) is 4. The number of carboxylic acids is 1. The maximum Gasteiger partial charge on any atom is 0.373 e. The molecule has 1 rings (SSSR count). The van der Waals surface area contributed by atoms with E-state index in [-0.39, 0.29) is 16.5 Å². The van der Waals surface area contributed by atoms with Crippen molar-refractivity contribution in [1.82, 2.24) is 0 Å². The van der Waals surface area contributed by atoms with Gasteiger partial charge in [-0.15, -0.1) is 0 Å². The van der Waals surface area contributed by atoms with Gasteiger partial charge in [-0.05, 0) is 43.9 Å². The van der Waals surface area contributed by atoms with Crippen molar-refractivity contribution in [2.45, 2.75) is 46.6 Å². The van der Waals surface area contributed by atoms with E-state index in [9.17, 15) is 9.59 Å². The van der Waals surface area contributed by atoms with Crippen LogP contribution in [0.1, 0.15) is 61.8 Å². The van der Waals surface area contributed by atoms with Crippen molar-refractivity contribution < 1.29 is 24.5 Å². The molecule has 116 valence electrons. The monoisotopic (exact) mass is 294 g/mol. The minimum absolute atomic E-state index is 0.0263. The number of carboxylic acid groups (broad SMARTS) is 1. The highest BCUT2D eigenvalue weighted by Gasteiger charge is 2.29. The Morgan fingerprint density at radius 3 is 2.19 bits per heavy atom. The molecule has 0 radical (unpaired) electrons. The Morgan fingerprint density at radius 1 is 1.10 bits per heavy atom. The largest absolute Gasteiger partial charge is 0.478 e. The van der Waals surface area contributed by atoms with Gasteiger partial charge in [-0.3, -0.25) is 4.89 Å². The quantitative estimate of drug-likeness (QED) is 0.662. The third-order valence-corrected chi connectivity index (χ3v) is 2.64. The average molecular weight is 294 g/mol. The fourth-order valence-electron chi connectivity index (χ4n) is 2.28.